The molecule has 1 rings (SSSR count). The summed E-state index contributed by atoms with van der Waals surface area (Å²) in [6.45, 7) is 10.3. The molecule has 0 aliphatic heterocycles. The molecule has 0 saturated heterocycles. The van der Waals surface area contributed by atoms with Crippen molar-refractivity contribution >= 4 is 24.4 Å². The van der Waals surface area contributed by atoms with E-state index in [-0.39, 0.29) is 24.5 Å². The van der Waals surface area contributed by atoms with Crippen LogP contribution in [-0.2, 0) is 23.7 Å². The molecule has 0 bridgehead atoms. The number of carbonyl (C=O) groups is 4. The van der Waals surface area contributed by atoms with E-state index in [1.54, 1.807) is 34.6 Å². The normalized spacial score (nSPS) is 13.3. The van der Waals surface area contributed by atoms with Crippen molar-refractivity contribution in [1.82, 2.24) is 0 Å². The molecular weight excluding hydrogens is 502 g/mol. The maximum Gasteiger partial charge on any atom is 0.514 e. The second kappa shape index (κ2) is 16.3. The van der Waals surface area contributed by atoms with E-state index in [0.717, 1.165) is 12.8 Å². The van der Waals surface area contributed by atoms with Gasteiger partial charge in [-0.25, -0.2) is 14.4 Å². The van der Waals surface area contributed by atoms with Crippen LogP contribution in [0.1, 0.15) is 78.7 Å². The zero-order chi connectivity index (χ0) is 28.8. The fourth-order valence-electron chi connectivity index (χ4n) is 3.31. The molecule has 12 heteroatoms. The average molecular weight is 542 g/mol. The highest BCUT2D eigenvalue weighted by Crippen LogP contribution is 2.35. The fraction of sp³-hybridized carbons (Fsp3) is 0.615. The number of rotatable bonds is 14. The topological polar surface area (TPSA) is 170 Å². The molecule has 12 nitrogen and oxygen atoms in total. The predicted octanol–water partition coefficient (Wildman–Crippen LogP) is 5.15. The van der Waals surface area contributed by atoms with Gasteiger partial charge in [0.05, 0.1) is 18.8 Å². The lowest BCUT2D eigenvalue weighted by molar-refractivity contribution is -0.139. The molecule has 0 saturated carbocycles. The molecule has 0 heterocycles. The lowest BCUT2D eigenvalue weighted by atomic mass is 9.87. The second-order valence-electron chi connectivity index (χ2n) is 9.18. The maximum atomic E-state index is 12.2. The number of carboxylic acid groups (broad SMARTS) is 1. The van der Waals surface area contributed by atoms with Crippen molar-refractivity contribution in [3.05, 3.63) is 23.8 Å². The van der Waals surface area contributed by atoms with Gasteiger partial charge in [-0.3, -0.25) is 4.79 Å². The smallest absolute Gasteiger partial charge is 0.480 e. The van der Waals surface area contributed by atoms with Crippen LogP contribution in [0.4, 0.5) is 14.4 Å². The predicted molar refractivity (Wildman–Crippen MR) is 135 cm³/mol. The molecule has 0 aliphatic carbocycles. The number of benzene rings is 1. The van der Waals surface area contributed by atoms with E-state index in [0.29, 0.717) is 12.0 Å². The molecule has 1 aromatic rings. The Labute approximate surface area is 222 Å². The van der Waals surface area contributed by atoms with Gasteiger partial charge in [-0.2, -0.15) is 0 Å². The Morgan fingerprint density at radius 1 is 0.842 bits per heavy atom. The highest BCUT2D eigenvalue weighted by Gasteiger charge is 2.30. The third kappa shape index (κ3) is 12.1. The Bertz CT molecular complexity index is 932. The van der Waals surface area contributed by atoms with Crippen LogP contribution in [0.2, 0.25) is 0 Å². The highest BCUT2D eigenvalue weighted by atomic mass is 16.8. The third-order valence-electron chi connectivity index (χ3n) is 5.02. The van der Waals surface area contributed by atoms with Crippen LogP contribution >= 0.6 is 0 Å². The zero-order valence-corrected chi connectivity index (χ0v) is 22.8. The minimum Gasteiger partial charge on any atom is -0.480 e. The Hall–Kier alpha value is -3.54. The van der Waals surface area contributed by atoms with Gasteiger partial charge < -0.3 is 39.3 Å². The summed E-state index contributed by atoms with van der Waals surface area (Å²) >= 11 is 0. The molecule has 1 aromatic carbocycles. The number of hydrogen-bond acceptors (Lipinski definition) is 11. The molecule has 3 N–H and O–H groups in total. The molecule has 0 spiro atoms. The van der Waals surface area contributed by atoms with Gasteiger partial charge in [-0.05, 0) is 65.2 Å². The number of aliphatic carboxylic acids is 1. The van der Waals surface area contributed by atoms with E-state index < -0.39 is 54.7 Å². The lowest BCUT2D eigenvalue weighted by Crippen LogP contribution is -2.38. The van der Waals surface area contributed by atoms with Gasteiger partial charge in [-0.15, -0.1) is 0 Å². The van der Waals surface area contributed by atoms with Gasteiger partial charge in [0.25, 0.3) is 0 Å². The van der Waals surface area contributed by atoms with E-state index in [4.69, 9.17) is 34.2 Å². The van der Waals surface area contributed by atoms with Gasteiger partial charge >= 0.3 is 24.4 Å². The summed E-state index contributed by atoms with van der Waals surface area (Å²) in [5.41, 5.74) is 6.29. The minimum atomic E-state index is -1.41. The Morgan fingerprint density at radius 3 is 1.95 bits per heavy atom. The number of ether oxygens (including phenoxy) is 6. The molecule has 0 radical (unpaired) electrons. The Balaban J connectivity index is 3.21. The van der Waals surface area contributed by atoms with Crippen LogP contribution in [0.25, 0.3) is 0 Å². The van der Waals surface area contributed by atoms with Gasteiger partial charge in [0.1, 0.15) is 12.1 Å². The second-order valence-corrected chi connectivity index (χ2v) is 9.18. The van der Waals surface area contributed by atoms with E-state index in [9.17, 15) is 24.3 Å². The van der Waals surface area contributed by atoms with Crippen molar-refractivity contribution < 1.29 is 52.7 Å². The van der Waals surface area contributed by atoms with Gasteiger partial charge in [0, 0.05) is 5.92 Å². The van der Waals surface area contributed by atoms with Crippen molar-refractivity contribution in [2.24, 2.45) is 5.73 Å². The molecule has 0 aliphatic rings. The molecule has 0 amide bonds. The van der Waals surface area contributed by atoms with Crippen molar-refractivity contribution in [3.63, 3.8) is 0 Å². The third-order valence-corrected chi connectivity index (χ3v) is 5.02. The van der Waals surface area contributed by atoms with Crippen molar-refractivity contribution in [3.8, 4) is 11.5 Å². The quantitative estimate of drug-likeness (QED) is 0.138. The Morgan fingerprint density at radius 2 is 1.42 bits per heavy atom. The first-order valence-corrected chi connectivity index (χ1v) is 12.6. The number of carbonyl (C=O) groups excluding carboxylic acids is 3. The summed E-state index contributed by atoms with van der Waals surface area (Å²) in [7, 11) is 0. The molecule has 3 atom stereocenters. The first-order chi connectivity index (χ1) is 17.8. The van der Waals surface area contributed by atoms with Crippen LogP contribution in [-0.4, -0.2) is 60.5 Å². The van der Waals surface area contributed by atoms with Crippen LogP contribution in [0.5, 0.6) is 11.5 Å². The summed E-state index contributed by atoms with van der Waals surface area (Å²) in [6.07, 6.45) is -2.12. The molecule has 0 aromatic heterocycles. The first-order valence-electron chi connectivity index (χ1n) is 12.6. The Kier molecular flexibility index (Phi) is 14.0. The largest absolute Gasteiger partial charge is 0.514 e. The van der Waals surface area contributed by atoms with Crippen molar-refractivity contribution in [2.45, 2.75) is 97.5 Å². The molecule has 2 unspecified atom stereocenters. The summed E-state index contributed by atoms with van der Waals surface area (Å²) in [5, 5.41) is 9.60. The number of nitrogens with two attached hydrogens (primary N) is 1. The van der Waals surface area contributed by atoms with Gasteiger partial charge in [0.15, 0.2) is 11.5 Å². The van der Waals surface area contributed by atoms with E-state index in [1.165, 1.54) is 18.2 Å². The SMILES string of the molecule is CCCCCOC(=O)OC(C)CC(c1ccc(OC(=O)OC(C)C)c(OC(=O)OC(C)C)c1)[C@H](N)C(=O)O. The van der Waals surface area contributed by atoms with Crippen molar-refractivity contribution in [1.29, 1.82) is 0 Å². The summed E-state index contributed by atoms with van der Waals surface area (Å²) in [4.78, 5) is 48.0. The number of carboxylic acids is 1. The lowest BCUT2D eigenvalue weighted by Gasteiger charge is -2.25. The van der Waals surface area contributed by atoms with Crippen molar-refractivity contribution in [2.75, 3.05) is 6.61 Å². The van der Waals surface area contributed by atoms with E-state index in [1.807, 2.05) is 6.92 Å². The number of unbranched alkanes of at least 4 members (excludes halogenated alkanes) is 2. The highest BCUT2D eigenvalue weighted by molar-refractivity contribution is 5.75. The average Bonchev–Trinajstić information content (AvgIpc) is 2.80. The minimum absolute atomic E-state index is 0.00298. The summed E-state index contributed by atoms with van der Waals surface area (Å²) in [6, 6.07) is 2.67. The molecule has 38 heavy (non-hydrogen) atoms. The summed E-state index contributed by atoms with van der Waals surface area (Å²) < 4.78 is 30.7. The summed E-state index contributed by atoms with van der Waals surface area (Å²) in [5.74, 6) is -2.58. The van der Waals surface area contributed by atoms with Crippen LogP contribution in [0.3, 0.4) is 0 Å². The van der Waals surface area contributed by atoms with Crippen LogP contribution < -0.4 is 15.2 Å². The monoisotopic (exact) mass is 541 g/mol. The number of hydrogen-bond donors (Lipinski definition) is 2. The first kappa shape index (κ1) is 32.5. The molecule has 0 fully saturated rings. The van der Waals surface area contributed by atoms with E-state index in [2.05, 4.69) is 0 Å². The van der Waals surface area contributed by atoms with Crippen LogP contribution in [0.15, 0.2) is 18.2 Å². The molecular formula is C26H39NO11. The van der Waals surface area contributed by atoms with Crippen LogP contribution in [0, 0.1) is 0 Å². The van der Waals surface area contributed by atoms with Gasteiger partial charge in [0.2, 0.25) is 0 Å². The fourth-order valence-corrected chi connectivity index (χ4v) is 3.31. The zero-order valence-electron chi connectivity index (χ0n) is 22.8. The van der Waals surface area contributed by atoms with Gasteiger partial charge in [-0.1, -0.05) is 25.8 Å². The maximum absolute atomic E-state index is 12.2. The van der Waals surface area contributed by atoms with E-state index >= 15 is 0 Å². The molecule has 214 valence electrons. The standard InChI is InChI=1S/C26H39NO11/c1-7-8-9-12-33-24(30)36-17(6)13-19(22(27)23(28)29)18-10-11-20(37-25(31)34-15(2)3)21(14-18)38-26(32)35-16(4)5/h10-11,14-17,19,22H,7-9,12-13,27H2,1-6H3,(H,28,29)/t17?,19?,22-/m0/s1.